The van der Waals surface area contributed by atoms with Gasteiger partial charge < -0.3 is 10.1 Å². The van der Waals surface area contributed by atoms with Crippen LogP contribution in [-0.4, -0.2) is 49.3 Å². The van der Waals surface area contributed by atoms with E-state index in [1.54, 1.807) is 11.8 Å². The molecule has 1 aromatic rings. The number of amides is 1. The molecule has 0 spiro atoms. The summed E-state index contributed by atoms with van der Waals surface area (Å²) in [5.74, 6) is 0.988. The molecule has 1 atom stereocenters. The van der Waals surface area contributed by atoms with E-state index in [0.717, 1.165) is 25.4 Å². The van der Waals surface area contributed by atoms with E-state index in [1.165, 1.54) is 4.90 Å². The molecule has 1 N–H and O–H groups in total. The van der Waals surface area contributed by atoms with Gasteiger partial charge in [0.15, 0.2) is 0 Å². The van der Waals surface area contributed by atoms with Crippen molar-refractivity contribution in [3.63, 3.8) is 0 Å². The summed E-state index contributed by atoms with van der Waals surface area (Å²) in [5, 5.41) is 2.86. The Balaban J connectivity index is 1.77. The first-order chi connectivity index (χ1) is 9.20. The molecule has 1 saturated heterocycles. The molecule has 0 unspecified atom stereocenters. The van der Waals surface area contributed by atoms with E-state index in [9.17, 15) is 4.79 Å². The number of hydrogen-bond acceptors (Lipinski definition) is 4. The maximum atomic E-state index is 11.5. The number of piperazine rings is 1. The van der Waals surface area contributed by atoms with Crippen molar-refractivity contribution in [1.29, 1.82) is 0 Å². The summed E-state index contributed by atoms with van der Waals surface area (Å²) in [5.41, 5.74) is 0. The number of ether oxygens (including phenoxy) is 1. The maximum absolute atomic E-state index is 11.5. The fourth-order valence-corrected chi connectivity index (χ4v) is 2.50. The highest BCUT2D eigenvalue weighted by atomic mass is 32.2. The maximum Gasteiger partial charge on any atom is 0.237 e. The number of hydrogen-bond donors (Lipinski definition) is 1. The van der Waals surface area contributed by atoms with Gasteiger partial charge in [0.2, 0.25) is 5.91 Å². The van der Waals surface area contributed by atoms with Gasteiger partial charge in [-0.25, -0.2) is 0 Å². The summed E-state index contributed by atoms with van der Waals surface area (Å²) in [7, 11) is 0. The van der Waals surface area contributed by atoms with Crippen molar-refractivity contribution < 1.29 is 9.53 Å². The molecule has 104 valence electrons. The standard InChI is InChI=1S/C14H20N2O2S/c1-11-14(17)15-7-8-16(11)9-10-18-12-3-5-13(19-2)6-4-12/h3-6,11H,7-10H2,1-2H3,(H,15,17)/t11-/m0/s1. The van der Waals surface area contributed by atoms with E-state index in [1.807, 2.05) is 19.1 Å². The van der Waals surface area contributed by atoms with Gasteiger partial charge in [-0.1, -0.05) is 0 Å². The molecule has 1 aliphatic heterocycles. The fraction of sp³-hybridized carbons (Fsp3) is 0.500. The molecule has 1 heterocycles. The first kappa shape index (κ1) is 14.2. The summed E-state index contributed by atoms with van der Waals surface area (Å²) >= 11 is 1.72. The van der Waals surface area contributed by atoms with Gasteiger partial charge in [0, 0.05) is 24.5 Å². The molecule has 0 saturated carbocycles. The second-order valence-electron chi connectivity index (χ2n) is 4.53. The van der Waals surface area contributed by atoms with Crippen LogP contribution in [0.3, 0.4) is 0 Å². The van der Waals surface area contributed by atoms with Gasteiger partial charge in [0.05, 0.1) is 6.04 Å². The van der Waals surface area contributed by atoms with E-state index in [2.05, 4.69) is 28.6 Å². The zero-order valence-corrected chi connectivity index (χ0v) is 12.2. The van der Waals surface area contributed by atoms with E-state index >= 15 is 0 Å². The quantitative estimate of drug-likeness (QED) is 0.832. The van der Waals surface area contributed by atoms with Crippen LogP contribution in [0.1, 0.15) is 6.92 Å². The van der Waals surface area contributed by atoms with Gasteiger partial charge >= 0.3 is 0 Å². The van der Waals surface area contributed by atoms with Gasteiger partial charge in [-0.15, -0.1) is 11.8 Å². The lowest BCUT2D eigenvalue weighted by atomic mass is 10.2. The predicted octanol–water partition coefficient (Wildman–Crippen LogP) is 1.61. The van der Waals surface area contributed by atoms with Crippen molar-refractivity contribution in [3.8, 4) is 5.75 Å². The average molecular weight is 280 g/mol. The highest BCUT2D eigenvalue weighted by Gasteiger charge is 2.24. The number of rotatable bonds is 5. The van der Waals surface area contributed by atoms with Crippen LogP contribution < -0.4 is 10.1 Å². The largest absolute Gasteiger partial charge is 0.492 e. The zero-order chi connectivity index (χ0) is 13.7. The summed E-state index contributed by atoms with van der Waals surface area (Å²) in [6.07, 6.45) is 2.05. The molecule has 0 aromatic heterocycles. The lowest BCUT2D eigenvalue weighted by Gasteiger charge is -2.32. The summed E-state index contributed by atoms with van der Waals surface area (Å²) in [6.45, 7) is 4.93. The lowest BCUT2D eigenvalue weighted by molar-refractivity contribution is -0.128. The van der Waals surface area contributed by atoms with Crippen LogP contribution in [-0.2, 0) is 4.79 Å². The normalized spacial score (nSPS) is 20.1. The molecule has 1 aromatic carbocycles. The van der Waals surface area contributed by atoms with Crippen LogP contribution in [0.15, 0.2) is 29.2 Å². The van der Waals surface area contributed by atoms with Crippen LogP contribution in [0.4, 0.5) is 0 Å². The topological polar surface area (TPSA) is 41.6 Å². The predicted molar refractivity (Wildman–Crippen MR) is 77.8 cm³/mol. The minimum Gasteiger partial charge on any atom is -0.492 e. The van der Waals surface area contributed by atoms with Crippen molar-refractivity contribution in [2.75, 3.05) is 32.5 Å². The van der Waals surface area contributed by atoms with E-state index in [4.69, 9.17) is 4.74 Å². The van der Waals surface area contributed by atoms with Gasteiger partial charge in [-0.05, 0) is 37.4 Å². The van der Waals surface area contributed by atoms with Crippen LogP contribution in [0.2, 0.25) is 0 Å². The number of benzene rings is 1. The van der Waals surface area contributed by atoms with Crippen molar-refractivity contribution >= 4 is 17.7 Å². The van der Waals surface area contributed by atoms with Crippen molar-refractivity contribution in [3.05, 3.63) is 24.3 Å². The van der Waals surface area contributed by atoms with Crippen LogP contribution in [0.25, 0.3) is 0 Å². The zero-order valence-electron chi connectivity index (χ0n) is 11.4. The van der Waals surface area contributed by atoms with Gasteiger partial charge in [-0.2, -0.15) is 0 Å². The first-order valence-electron chi connectivity index (χ1n) is 6.49. The number of nitrogens with one attached hydrogen (secondary N) is 1. The Labute approximate surface area is 118 Å². The Morgan fingerprint density at radius 2 is 2.16 bits per heavy atom. The van der Waals surface area contributed by atoms with Crippen LogP contribution in [0.5, 0.6) is 5.75 Å². The second-order valence-corrected chi connectivity index (χ2v) is 5.41. The second kappa shape index (κ2) is 6.82. The van der Waals surface area contributed by atoms with Crippen molar-refractivity contribution in [2.24, 2.45) is 0 Å². The van der Waals surface area contributed by atoms with E-state index in [0.29, 0.717) is 6.61 Å². The van der Waals surface area contributed by atoms with Crippen LogP contribution >= 0.6 is 11.8 Å². The molecule has 19 heavy (non-hydrogen) atoms. The smallest absolute Gasteiger partial charge is 0.237 e. The Kier molecular flexibility index (Phi) is 5.10. The Hall–Kier alpha value is -1.20. The Morgan fingerprint density at radius 3 is 2.84 bits per heavy atom. The number of carbonyl (C=O) groups excluding carboxylic acids is 1. The molecule has 1 fully saturated rings. The molecule has 0 bridgehead atoms. The summed E-state index contributed by atoms with van der Waals surface area (Å²) < 4.78 is 5.71. The molecule has 2 rings (SSSR count). The Bertz CT molecular complexity index is 422. The third-order valence-corrected chi connectivity index (χ3v) is 4.08. The molecular weight excluding hydrogens is 260 g/mol. The monoisotopic (exact) mass is 280 g/mol. The summed E-state index contributed by atoms with van der Waals surface area (Å²) in [4.78, 5) is 14.9. The molecule has 0 aliphatic carbocycles. The molecule has 0 radical (unpaired) electrons. The van der Waals surface area contributed by atoms with E-state index < -0.39 is 0 Å². The molecule has 5 heteroatoms. The third-order valence-electron chi connectivity index (χ3n) is 3.33. The van der Waals surface area contributed by atoms with Crippen molar-refractivity contribution in [1.82, 2.24) is 10.2 Å². The number of carbonyl (C=O) groups is 1. The minimum absolute atomic E-state index is 0.0591. The molecule has 1 aliphatic rings. The van der Waals surface area contributed by atoms with Crippen molar-refractivity contribution in [2.45, 2.75) is 17.9 Å². The average Bonchev–Trinajstić information content (AvgIpc) is 2.44. The lowest BCUT2D eigenvalue weighted by Crippen LogP contribution is -2.54. The SMILES string of the molecule is CSc1ccc(OCCN2CCNC(=O)[C@@H]2C)cc1. The summed E-state index contributed by atoms with van der Waals surface area (Å²) in [6, 6.07) is 8.01. The number of thioether (sulfide) groups is 1. The fourth-order valence-electron chi connectivity index (χ4n) is 2.09. The highest BCUT2D eigenvalue weighted by molar-refractivity contribution is 7.98. The highest BCUT2D eigenvalue weighted by Crippen LogP contribution is 2.18. The molecular formula is C14H20N2O2S. The molecule has 4 nitrogen and oxygen atoms in total. The number of nitrogens with zero attached hydrogens (tertiary/aromatic N) is 1. The minimum atomic E-state index is -0.0591. The third kappa shape index (κ3) is 3.88. The van der Waals surface area contributed by atoms with E-state index in [-0.39, 0.29) is 11.9 Å². The van der Waals surface area contributed by atoms with Gasteiger partial charge in [0.1, 0.15) is 12.4 Å². The first-order valence-corrected chi connectivity index (χ1v) is 7.72. The van der Waals surface area contributed by atoms with Crippen LogP contribution in [0, 0.1) is 0 Å². The molecule has 1 amide bonds. The van der Waals surface area contributed by atoms with Gasteiger partial charge in [0.25, 0.3) is 0 Å². The van der Waals surface area contributed by atoms with Gasteiger partial charge in [-0.3, -0.25) is 9.69 Å². The Morgan fingerprint density at radius 1 is 1.42 bits per heavy atom.